The molecule has 1 heterocycles. The number of anilines is 2. The van der Waals surface area contributed by atoms with Gasteiger partial charge in [0.05, 0.1) is 25.3 Å². The summed E-state index contributed by atoms with van der Waals surface area (Å²) >= 11 is 0. The number of methoxy groups -OCH3 is 2. The van der Waals surface area contributed by atoms with Gasteiger partial charge < -0.3 is 14.8 Å². The molecule has 2 aromatic carbocycles. The van der Waals surface area contributed by atoms with E-state index in [0.717, 1.165) is 5.69 Å². The van der Waals surface area contributed by atoms with Crippen LogP contribution < -0.4 is 14.8 Å². The van der Waals surface area contributed by atoms with E-state index in [4.69, 9.17) is 9.47 Å². The van der Waals surface area contributed by atoms with Crippen LogP contribution in [0.25, 0.3) is 10.9 Å². The molecule has 0 unspecified atom stereocenters. The largest absolute Gasteiger partial charge is 0.493 e. The van der Waals surface area contributed by atoms with Gasteiger partial charge in [0.1, 0.15) is 6.33 Å². The normalized spacial score (nSPS) is 10.3. The van der Waals surface area contributed by atoms with E-state index < -0.39 is 5.78 Å². The molecule has 0 saturated heterocycles. The SMILES string of the molecule is COc1ccc(Nc2cc(C(=O)C=O)c3ncncc3c2)cc1OC. The Morgan fingerprint density at radius 1 is 1.08 bits per heavy atom. The lowest BCUT2D eigenvalue weighted by Gasteiger charge is -2.12. The third-order valence-corrected chi connectivity index (χ3v) is 3.65. The quantitative estimate of drug-likeness (QED) is 0.420. The monoisotopic (exact) mass is 337 g/mol. The van der Waals surface area contributed by atoms with Gasteiger partial charge in [-0.2, -0.15) is 0 Å². The number of carbonyl (C=O) groups excluding carboxylic acids is 2. The van der Waals surface area contributed by atoms with Gasteiger partial charge in [-0.3, -0.25) is 9.59 Å². The zero-order valence-electron chi connectivity index (χ0n) is 13.6. The zero-order valence-corrected chi connectivity index (χ0v) is 13.6. The van der Waals surface area contributed by atoms with Crippen LogP contribution in [-0.2, 0) is 4.79 Å². The van der Waals surface area contributed by atoms with Crippen LogP contribution in [0.4, 0.5) is 11.4 Å². The van der Waals surface area contributed by atoms with Crippen molar-refractivity contribution >= 4 is 34.3 Å². The van der Waals surface area contributed by atoms with Crippen molar-refractivity contribution in [2.45, 2.75) is 0 Å². The van der Waals surface area contributed by atoms with Gasteiger partial charge in [-0.05, 0) is 24.3 Å². The summed E-state index contributed by atoms with van der Waals surface area (Å²) in [5.74, 6) is 0.539. The fourth-order valence-electron chi connectivity index (χ4n) is 2.51. The highest BCUT2D eigenvalue weighted by Gasteiger charge is 2.13. The summed E-state index contributed by atoms with van der Waals surface area (Å²) in [4.78, 5) is 30.9. The van der Waals surface area contributed by atoms with Crippen LogP contribution in [0.1, 0.15) is 10.4 Å². The minimum atomic E-state index is -0.639. The van der Waals surface area contributed by atoms with E-state index in [1.807, 2.05) is 6.07 Å². The Bertz CT molecular complexity index is 956. The highest BCUT2D eigenvalue weighted by Crippen LogP contribution is 2.32. The molecule has 126 valence electrons. The van der Waals surface area contributed by atoms with Gasteiger partial charge in [0.2, 0.25) is 5.78 Å². The lowest BCUT2D eigenvalue weighted by atomic mass is 10.1. The second-order valence-corrected chi connectivity index (χ2v) is 5.16. The predicted molar refractivity (Wildman–Crippen MR) is 92.8 cm³/mol. The maximum Gasteiger partial charge on any atom is 0.227 e. The molecular weight excluding hydrogens is 322 g/mol. The van der Waals surface area contributed by atoms with Crippen LogP contribution in [0.15, 0.2) is 42.9 Å². The number of benzene rings is 2. The summed E-state index contributed by atoms with van der Waals surface area (Å²) in [5.41, 5.74) is 2.01. The standard InChI is InChI=1S/C18H15N3O4/c1-24-16-4-3-12(7-17(16)25-2)21-13-5-11-8-19-10-20-18(11)14(6-13)15(23)9-22/h3-10,21H,1-2H3. The number of carbonyl (C=O) groups is 2. The lowest BCUT2D eigenvalue weighted by Crippen LogP contribution is -2.04. The molecule has 3 rings (SSSR count). The molecule has 1 N–H and O–H groups in total. The van der Waals surface area contributed by atoms with Gasteiger partial charge in [-0.25, -0.2) is 9.97 Å². The maximum atomic E-state index is 11.9. The van der Waals surface area contributed by atoms with E-state index in [9.17, 15) is 9.59 Å². The third kappa shape index (κ3) is 3.25. The van der Waals surface area contributed by atoms with E-state index in [1.54, 1.807) is 44.7 Å². The molecule has 0 aliphatic rings. The Labute approximate surface area is 143 Å². The van der Waals surface area contributed by atoms with E-state index >= 15 is 0 Å². The minimum absolute atomic E-state index is 0.220. The van der Waals surface area contributed by atoms with Crippen LogP contribution in [0.5, 0.6) is 11.5 Å². The average Bonchev–Trinajstić information content (AvgIpc) is 2.66. The first-order valence-corrected chi connectivity index (χ1v) is 7.38. The van der Waals surface area contributed by atoms with Gasteiger partial charge >= 0.3 is 0 Å². The Morgan fingerprint density at radius 2 is 1.88 bits per heavy atom. The fraction of sp³-hybridized carbons (Fsp3) is 0.111. The molecule has 0 aliphatic heterocycles. The number of hydrogen-bond acceptors (Lipinski definition) is 7. The van der Waals surface area contributed by atoms with Crippen molar-refractivity contribution in [3.63, 3.8) is 0 Å². The molecule has 0 bridgehead atoms. The molecule has 0 fully saturated rings. The molecule has 0 radical (unpaired) electrons. The number of rotatable bonds is 6. The van der Waals surface area contributed by atoms with Gasteiger partial charge in [-0.1, -0.05) is 0 Å². The highest BCUT2D eigenvalue weighted by molar-refractivity contribution is 6.36. The van der Waals surface area contributed by atoms with Crippen LogP contribution in [0, 0.1) is 0 Å². The Balaban J connectivity index is 2.04. The second-order valence-electron chi connectivity index (χ2n) is 5.16. The molecule has 25 heavy (non-hydrogen) atoms. The molecule has 3 aromatic rings. The van der Waals surface area contributed by atoms with Crippen molar-refractivity contribution in [1.29, 1.82) is 0 Å². The number of ketones is 1. The summed E-state index contributed by atoms with van der Waals surface area (Å²) in [5, 5.41) is 3.83. The molecule has 0 saturated carbocycles. The molecule has 7 heteroatoms. The summed E-state index contributed by atoms with van der Waals surface area (Å²) in [7, 11) is 3.11. The second kappa shape index (κ2) is 6.96. The predicted octanol–water partition coefficient (Wildman–Crippen LogP) is 2.77. The van der Waals surface area contributed by atoms with E-state index in [-0.39, 0.29) is 11.8 Å². The van der Waals surface area contributed by atoms with Gasteiger partial charge in [0.25, 0.3) is 0 Å². The number of Topliss-reactive ketones (excluding diaryl/α,β-unsaturated/α-hetero) is 1. The number of aromatic nitrogens is 2. The Hall–Kier alpha value is -3.48. The third-order valence-electron chi connectivity index (χ3n) is 3.65. The Kier molecular flexibility index (Phi) is 4.56. The number of ether oxygens (including phenoxy) is 2. The molecular formula is C18H15N3O4. The topological polar surface area (TPSA) is 90.4 Å². The molecule has 7 nitrogen and oxygen atoms in total. The summed E-state index contributed by atoms with van der Waals surface area (Å²) in [6.45, 7) is 0. The number of nitrogens with zero attached hydrogens (tertiary/aromatic N) is 2. The van der Waals surface area contributed by atoms with Crippen molar-refractivity contribution in [2.75, 3.05) is 19.5 Å². The van der Waals surface area contributed by atoms with Gasteiger partial charge in [0.15, 0.2) is 17.8 Å². The first-order valence-electron chi connectivity index (χ1n) is 7.38. The summed E-state index contributed by atoms with van der Waals surface area (Å²) < 4.78 is 10.5. The van der Waals surface area contributed by atoms with Crippen LogP contribution >= 0.6 is 0 Å². The van der Waals surface area contributed by atoms with Crippen molar-refractivity contribution < 1.29 is 19.1 Å². The van der Waals surface area contributed by atoms with Crippen LogP contribution in [-0.4, -0.2) is 36.3 Å². The number of hydrogen-bond donors (Lipinski definition) is 1. The molecule has 0 amide bonds. The van der Waals surface area contributed by atoms with Crippen LogP contribution in [0.3, 0.4) is 0 Å². The average molecular weight is 337 g/mol. The van der Waals surface area contributed by atoms with Gasteiger partial charge in [0, 0.05) is 29.0 Å². The molecule has 0 spiro atoms. The van der Waals surface area contributed by atoms with Gasteiger partial charge in [-0.15, -0.1) is 0 Å². The van der Waals surface area contributed by atoms with Crippen molar-refractivity contribution in [3.8, 4) is 11.5 Å². The number of fused-ring (bicyclic) bond motifs is 1. The van der Waals surface area contributed by atoms with Crippen molar-refractivity contribution in [2.24, 2.45) is 0 Å². The van der Waals surface area contributed by atoms with Crippen molar-refractivity contribution in [3.05, 3.63) is 48.4 Å². The minimum Gasteiger partial charge on any atom is -0.493 e. The molecule has 0 atom stereocenters. The fourth-order valence-corrected chi connectivity index (χ4v) is 2.51. The first-order chi connectivity index (χ1) is 12.2. The number of aldehydes is 1. The maximum absolute atomic E-state index is 11.9. The van der Waals surface area contributed by atoms with Crippen LogP contribution in [0.2, 0.25) is 0 Å². The van der Waals surface area contributed by atoms with Crippen molar-refractivity contribution in [1.82, 2.24) is 9.97 Å². The lowest BCUT2D eigenvalue weighted by molar-refractivity contribution is -0.104. The zero-order chi connectivity index (χ0) is 17.8. The summed E-state index contributed by atoms with van der Waals surface area (Å²) in [6.07, 6.45) is 3.20. The van der Waals surface area contributed by atoms with E-state index in [1.165, 1.54) is 6.33 Å². The van der Waals surface area contributed by atoms with E-state index in [2.05, 4.69) is 15.3 Å². The highest BCUT2D eigenvalue weighted by atomic mass is 16.5. The Morgan fingerprint density at radius 3 is 2.60 bits per heavy atom. The smallest absolute Gasteiger partial charge is 0.227 e. The first kappa shape index (κ1) is 16.4. The summed E-state index contributed by atoms with van der Waals surface area (Å²) in [6, 6.07) is 8.74. The molecule has 0 aliphatic carbocycles. The van der Waals surface area contributed by atoms with E-state index in [0.29, 0.717) is 28.1 Å². The molecule has 1 aromatic heterocycles. The number of nitrogens with one attached hydrogen (secondary N) is 1.